The van der Waals surface area contributed by atoms with Gasteiger partial charge in [0.05, 0.1) is 32.8 Å². The lowest BCUT2D eigenvalue weighted by atomic mass is 9.95. The highest BCUT2D eigenvalue weighted by Gasteiger charge is 2.45. The molecule has 1 saturated carbocycles. The number of anilines is 2. The Morgan fingerprint density at radius 1 is 1.24 bits per heavy atom. The standard InChI is InChI=1S/C30H27ClF2N6O2S.C2H5NO/c31-22-20(16-5-6-18(32)26-19(16)17(13-34)27(35)42-26)23(33)24-21-25(22)40-12-11-39(15-3-4-15)28(21)37-29(36-24)41-14-30-7-1-9-38(30)10-2-8-30;1-3-2-4/h5-6,15H,1-4,7-12,14,35H2;2H,1H3,(H,3,4). The largest absolute Gasteiger partial charge is 0.489 e. The number of aromatic nitrogens is 2. The Balaban J connectivity index is 0.000000801. The number of halogens is 3. The summed E-state index contributed by atoms with van der Waals surface area (Å²) >= 11 is 7.90. The summed E-state index contributed by atoms with van der Waals surface area (Å²) in [6.45, 7) is 3.42. The number of hydrogen-bond acceptors (Lipinski definition) is 10. The molecule has 10 nitrogen and oxygen atoms in total. The third-order valence-corrected chi connectivity index (χ3v) is 10.8. The summed E-state index contributed by atoms with van der Waals surface area (Å²) in [7, 11) is 1.56. The second kappa shape index (κ2) is 12.0. The monoisotopic (exact) mass is 667 g/mol. The number of nitrogen functional groups attached to an aromatic ring is 1. The van der Waals surface area contributed by atoms with Gasteiger partial charge < -0.3 is 25.4 Å². The summed E-state index contributed by atoms with van der Waals surface area (Å²) < 4.78 is 44.4. The quantitative estimate of drug-likeness (QED) is 0.252. The molecule has 2 saturated heterocycles. The Kier molecular flexibility index (Phi) is 7.99. The normalized spacial score (nSPS) is 18.4. The van der Waals surface area contributed by atoms with Crippen molar-refractivity contribution in [2.75, 3.05) is 50.5 Å². The number of carbonyl (C=O) groups excluding carboxylic acids is 1. The van der Waals surface area contributed by atoms with E-state index < -0.39 is 11.6 Å². The van der Waals surface area contributed by atoms with Gasteiger partial charge in [-0.2, -0.15) is 15.2 Å². The van der Waals surface area contributed by atoms with Gasteiger partial charge in [0.25, 0.3) is 0 Å². The van der Waals surface area contributed by atoms with Gasteiger partial charge in [-0.15, -0.1) is 11.3 Å². The topological polar surface area (TPSA) is 130 Å². The summed E-state index contributed by atoms with van der Waals surface area (Å²) in [4.78, 5) is 23.2. The molecule has 4 aliphatic rings. The third-order valence-electron chi connectivity index (χ3n) is 9.38. The van der Waals surface area contributed by atoms with E-state index in [1.54, 1.807) is 7.05 Å². The van der Waals surface area contributed by atoms with E-state index in [2.05, 4.69) is 26.2 Å². The van der Waals surface area contributed by atoms with Gasteiger partial charge in [0.2, 0.25) is 6.41 Å². The number of ether oxygens (including phenoxy) is 2. The fourth-order valence-electron chi connectivity index (χ4n) is 7.14. The van der Waals surface area contributed by atoms with E-state index in [0.717, 1.165) is 63.0 Å². The molecule has 2 aromatic heterocycles. The maximum absolute atomic E-state index is 16.9. The summed E-state index contributed by atoms with van der Waals surface area (Å²) in [6.07, 6.45) is 7.01. The molecule has 0 bridgehead atoms. The summed E-state index contributed by atoms with van der Waals surface area (Å²) in [5.41, 5.74) is 6.36. The van der Waals surface area contributed by atoms with Gasteiger partial charge in [-0.25, -0.2) is 8.78 Å². The molecule has 3 fully saturated rings. The zero-order valence-electron chi connectivity index (χ0n) is 25.2. The fourth-order valence-corrected chi connectivity index (χ4v) is 8.42. The second-order valence-electron chi connectivity index (χ2n) is 12.0. The highest BCUT2D eigenvalue weighted by Crippen LogP contribution is 2.51. The maximum Gasteiger partial charge on any atom is 0.319 e. The number of nitrogens with one attached hydrogen (secondary N) is 1. The zero-order valence-corrected chi connectivity index (χ0v) is 26.7. The molecular formula is C32H32ClF2N7O3S. The van der Waals surface area contributed by atoms with Crippen molar-refractivity contribution < 1.29 is 23.0 Å². The lowest BCUT2D eigenvalue weighted by Gasteiger charge is -2.31. The lowest BCUT2D eigenvalue weighted by Crippen LogP contribution is -2.43. The Labute approximate surface area is 273 Å². The van der Waals surface area contributed by atoms with Crippen molar-refractivity contribution in [3.8, 4) is 29.0 Å². The number of fused-ring (bicyclic) bond motifs is 2. The molecule has 4 aromatic rings. The molecule has 14 heteroatoms. The molecule has 1 aliphatic carbocycles. The Bertz CT molecular complexity index is 1900. The number of nitrogens with zero attached hydrogens (tertiary/aromatic N) is 5. The number of thiophene rings is 1. The minimum atomic E-state index is -0.711. The van der Waals surface area contributed by atoms with E-state index in [0.29, 0.717) is 37.4 Å². The summed E-state index contributed by atoms with van der Waals surface area (Å²) in [5, 5.41) is 12.9. The van der Waals surface area contributed by atoms with Crippen LogP contribution < -0.4 is 25.4 Å². The average Bonchev–Trinajstić information content (AvgIpc) is 3.62. The van der Waals surface area contributed by atoms with Crippen molar-refractivity contribution in [2.24, 2.45) is 0 Å². The van der Waals surface area contributed by atoms with Crippen molar-refractivity contribution in [1.82, 2.24) is 20.2 Å². The molecule has 0 atom stereocenters. The molecule has 0 spiro atoms. The molecule has 0 radical (unpaired) electrons. The third kappa shape index (κ3) is 4.94. The first kappa shape index (κ1) is 30.7. The van der Waals surface area contributed by atoms with E-state index in [1.165, 1.54) is 12.1 Å². The number of nitrogens with two attached hydrogens (primary N) is 1. The van der Waals surface area contributed by atoms with E-state index >= 15 is 4.39 Å². The summed E-state index contributed by atoms with van der Waals surface area (Å²) in [5.74, 6) is -0.447. The van der Waals surface area contributed by atoms with Crippen LogP contribution in [0.1, 0.15) is 44.1 Å². The van der Waals surface area contributed by atoms with Gasteiger partial charge in [0, 0.05) is 24.0 Å². The Morgan fingerprint density at radius 3 is 2.65 bits per heavy atom. The molecular weight excluding hydrogens is 636 g/mol. The predicted octanol–water partition coefficient (Wildman–Crippen LogP) is 5.63. The molecule has 2 aromatic carbocycles. The van der Waals surface area contributed by atoms with Gasteiger partial charge in [-0.05, 0) is 63.2 Å². The average molecular weight is 668 g/mol. The number of hydrogen-bond donors (Lipinski definition) is 2. The second-order valence-corrected chi connectivity index (χ2v) is 13.5. The fraction of sp³-hybridized carbons (Fsp3) is 0.438. The number of amides is 1. The van der Waals surface area contributed by atoms with Gasteiger partial charge in [-0.1, -0.05) is 17.7 Å². The van der Waals surface area contributed by atoms with E-state index in [1.807, 2.05) is 0 Å². The van der Waals surface area contributed by atoms with Crippen LogP contribution in [-0.4, -0.2) is 72.8 Å². The van der Waals surface area contributed by atoms with Crippen molar-refractivity contribution in [3.05, 3.63) is 34.4 Å². The zero-order chi connectivity index (χ0) is 32.2. The first-order valence-corrected chi connectivity index (χ1v) is 16.5. The van der Waals surface area contributed by atoms with Crippen LogP contribution in [0.25, 0.3) is 32.1 Å². The number of benzene rings is 2. The lowest BCUT2D eigenvalue weighted by molar-refractivity contribution is -0.109. The van der Waals surface area contributed by atoms with Gasteiger partial charge in [0.1, 0.15) is 41.4 Å². The van der Waals surface area contributed by atoms with Crippen LogP contribution in [0.15, 0.2) is 12.1 Å². The molecule has 3 N–H and O–H groups in total. The highest BCUT2D eigenvalue weighted by molar-refractivity contribution is 7.23. The number of rotatable bonds is 6. The molecule has 240 valence electrons. The smallest absolute Gasteiger partial charge is 0.319 e. The van der Waals surface area contributed by atoms with Crippen molar-refractivity contribution in [3.63, 3.8) is 0 Å². The summed E-state index contributed by atoms with van der Waals surface area (Å²) in [6, 6.07) is 5.09. The number of carbonyl (C=O) groups is 1. The molecule has 5 heterocycles. The van der Waals surface area contributed by atoms with Crippen LogP contribution in [-0.2, 0) is 4.79 Å². The molecule has 3 aliphatic heterocycles. The first-order chi connectivity index (χ1) is 22.3. The minimum absolute atomic E-state index is 0.0170. The molecule has 1 amide bonds. The van der Waals surface area contributed by atoms with Crippen molar-refractivity contribution in [2.45, 2.75) is 50.1 Å². The van der Waals surface area contributed by atoms with Gasteiger partial charge in [-0.3, -0.25) is 9.69 Å². The van der Waals surface area contributed by atoms with Crippen LogP contribution in [0.4, 0.5) is 19.6 Å². The van der Waals surface area contributed by atoms with Crippen LogP contribution >= 0.6 is 22.9 Å². The number of nitriles is 1. The van der Waals surface area contributed by atoms with Crippen molar-refractivity contribution in [1.29, 1.82) is 5.26 Å². The minimum Gasteiger partial charge on any atom is -0.489 e. The van der Waals surface area contributed by atoms with E-state index in [4.69, 9.17) is 36.6 Å². The molecule has 8 rings (SSSR count). The Hall–Kier alpha value is -3.99. The van der Waals surface area contributed by atoms with Crippen LogP contribution in [0.2, 0.25) is 5.02 Å². The first-order valence-electron chi connectivity index (χ1n) is 15.3. The molecule has 46 heavy (non-hydrogen) atoms. The van der Waals surface area contributed by atoms with Crippen LogP contribution in [0.5, 0.6) is 11.8 Å². The SMILES string of the molecule is CNC=O.N#Cc1c(N)sc2c(F)ccc(-c3c(Cl)c4c5c(nc(OCC67CCCN6CCC7)nc5c3F)N(C3CC3)CCO4)c12. The van der Waals surface area contributed by atoms with Gasteiger partial charge >= 0.3 is 6.01 Å². The Morgan fingerprint density at radius 2 is 1.98 bits per heavy atom. The van der Waals surface area contributed by atoms with E-state index in [9.17, 15) is 9.65 Å². The maximum atomic E-state index is 16.9. The van der Waals surface area contributed by atoms with Crippen LogP contribution in [0.3, 0.4) is 0 Å². The van der Waals surface area contributed by atoms with Crippen LogP contribution in [0, 0.1) is 23.0 Å². The van der Waals surface area contributed by atoms with E-state index in [-0.39, 0.29) is 65.7 Å². The predicted molar refractivity (Wildman–Crippen MR) is 174 cm³/mol. The van der Waals surface area contributed by atoms with Crippen molar-refractivity contribution >= 4 is 61.2 Å². The van der Waals surface area contributed by atoms with Gasteiger partial charge in [0.15, 0.2) is 11.6 Å². The highest BCUT2D eigenvalue weighted by atomic mass is 35.5. The molecule has 0 unspecified atom stereocenters.